The Morgan fingerprint density at radius 3 is 1.32 bits per heavy atom. The van der Waals surface area contributed by atoms with E-state index in [9.17, 15) is 37.1 Å². The number of benzene rings is 2. The predicted octanol–water partition coefficient (Wildman–Crippen LogP) is 10.4. The van der Waals surface area contributed by atoms with Gasteiger partial charge in [-0.1, -0.05) is 81.5 Å². The molecule has 2 saturated carbocycles. The third-order valence-corrected chi connectivity index (χ3v) is 11.9. The van der Waals surface area contributed by atoms with E-state index in [1.807, 2.05) is 0 Å². The van der Waals surface area contributed by atoms with Gasteiger partial charge in [0.2, 0.25) is 21.8 Å². The SMILES string of the molecule is C.C.C.COc1ncc(Oc2c(Cl)cc([N+](=O)[O-])cc2Cl)cc1S(=O)(=O)Cl.COc1ncc(Oc2c(Cl)cc([N+](=O)[O-])cc2Cl)cc1S(=O)(=O)NC1CCC1.NC1CCC1. The molecule has 4 aromatic rings. The minimum Gasteiger partial charge on any atom is -0.480 e. The van der Waals surface area contributed by atoms with Crippen LogP contribution in [-0.4, -0.2) is 63.0 Å². The van der Waals surface area contributed by atoms with E-state index in [1.54, 1.807) is 0 Å². The lowest BCUT2D eigenvalue weighted by Gasteiger charge is -2.26. The summed E-state index contributed by atoms with van der Waals surface area (Å²) in [5.41, 5.74) is 4.75. The van der Waals surface area contributed by atoms with Gasteiger partial charge >= 0.3 is 0 Å². The summed E-state index contributed by atoms with van der Waals surface area (Å²) in [6.45, 7) is 0. The van der Waals surface area contributed by atoms with Crippen LogP contribution in [0.5, 0.6) is 34.8 Å². The van der Waals surface area contributed by atoms with Crippen molar-refractivity contribution in [1.29, 1.82) is 0 Å². The fraction of sp³-hybridized carbons (Fsp3) is 0.371. The fourth-order valence-electron chi connectivity index (χ4n) is 4.60. The number of non-ortho nitro benzene ring substituents is 2. The number of sulfonamides is 1. The Hall–Kier alpha value is -3.99. The van der Waals surface area contributed by atoms with Crippen molar-refractivity contribution in [2.45, 2.75) is 82.7 Å². The first-order valence-corrected chi connectivity index (χ1v) is 21.5. The quantitative estimate of drug-likeness (QED) is 0.0760. The first-order valence-electron chi connectivity index (χ1n) is 16.2. The van der Waals surface area contributed by atoms with Gasteiger partial charge in [0, 0.05) is 59.2 Å². The van der Waals surface area contributed by atoms with Crippen LogP contribution in [0.1, 0.15) is 60.8 Å². The van der Waals surface area contributed by atoms with E-state index >= 15 is 0 Å². The third-order valence-electron chi connectivity index (χ3n) is 7.93. The zero-order valence-corrected chi connectivity index (χ0v) is 34.9. The zero-order valence-electron chi connectivity index (χ0n) is 29.5. The number of hydrogen-bond acceptors (Lipinski definition) is 15. The minimum atomic E-state index is -4.15. The molecule has 0 atom stereocenters. The van der Waals surface area contributed by atoms with Crippen molar-refractivity contribution in [2.24, 2.45) is 5.73 Å². The molecule has 0 aliphatic heterocycles. The van der Waals surface area contributed by atoms with E-state index in [0.717, 1.165) is 55.8 Å². The Kier molecular flexibility index (Phi) is 21.0. The molecule has 332 valence electrons. The number of nitro benzene ring substituents is 2. The van der Waals surface area contributed by atoms with Gasteiger partial charge in [-0.05, 0) is 25.7 Å². The van der Waals surface area contributed by atoms with Crippen molar-refractivity contribution < 1.29 is 45.6 Å². The number of methoxy groups -OCH3 is 2. The summed E-state index contributed by atoms with van der Waals surface area (Å²) in [5.74, 6) is -0.525. The van der Waals surface area contributed by atoms with Gasteiger partial charge in [-0.25, -0.2) is 31.5 Å². The molecule has 2 aromatic heterocycles. The Labute approximate surface area is 372 Å². The number of nitrogens with two attached hydrogens (primary N) is 1. The van der Waals surface area contributed by atoms with Crippen LogP contribution in [-0.2, 0) is 19.1 Å². The summed E-state index contributed by atoms with van der Waals surface area (Å²) < 4.78 is 71.8. The van der Waals surface area contributed by atoms with Gasteiger partial charge in [0.25, 0.3) is 20.4 Å². The van der Waals surface area contributed by atoms with Gasteiger partial charge in [-0.15, -0.1) is 0 Å². The van der Waals surface area contributed by atoms with E-state index < -0.39 is 33.8 Å². The summed E-state index contributed by atoms with van der Waals surface area (Å²) in [6, 6.07) is 6.96. The molecule has 0 radical (unpaired) electrons. The van der Waals surface area contributed by atoms with Gasteiger partial charge in [0.05, 0.1) is 56.6 Å². The number of nitrogens with zero attached hydrogens (tertiary/aromatic N) is 4. The first kappa shape index (κ1) is 54.0. The Morgan fingerprint density at radius 2 is 1.03 bits per heavy atom. The van der Waals surface area contributed by atoms with E-state index in [1.165, 1.54) is 45.7 Å². The second-order valence-electron chi connectivity index (χ2n) is 11.9. The Morgan fingerprint density at radius 1 is 0.683 bits per heavy atom. The highest BCUT2D eigenvalue weighted by atomic mass is 35.7. The summed E-state index contributed by atoms with van der Waals surface area (Å²) in [6.07, 6.45) is 8.76. The maximum Gasteiger partial charge on any atom is 0.272 e. The molecule has 3 N–H and O–H groups in total. The Balaban J connectivity index is 0.000000517. The zero-order chi connectivity index (χ0) is 42.2. The second-order valence-corrected chi connectivity index (χ2v) is 17.8. The molecule has 0 unspecified atom stereocenters. The van der Waals surface area contributed by atoms with Crippen molar-refractivity contribution in [3.8, 4) is 34.8 Å². The molecule has 25 heteroatoms. The van der Waals surface area contributed by atoms with Crippen molar-refractivity contribution in [1.82, 2.24) is 14.7 Å². The third kappa shape index (κ3) is 14.3. The van der Waals surface area contributed by atoms with Crippen LogP contribution in [0.2, 0.25) is 20.1 Å². The van der Waals surface area contributed by atoms with Crippen LogP contribution >= 0.6 is 57.1 Å². The predicted molar refractivity (Wildman–Crippen MR) is 231 cm³/mol. The monoisotopic (exact) mass is 978 g/mol. The van der Waals surface area contributed by atoms with Gasteiger partial charge in [-0.2, -0.15) is 0 Å². The number of pyridine rings is 2. The number of nitro groups is 2. The first-order chi connectivity index (χ1) is 26.7. The van der Waals surface area contributed by atoms with E-state index in [-0.39, 0.29) is 99.4 Å². The number of halogens is 5. The highest BCUT2D eigenvalue weighted by molar-refractivity contribution is 8.13. The molecule has 18 nitrogen and oxygen atoms in total. The van der Waals surface area contributed by atoms with Crippen LogP contribution in [0.4, 0.5) is 11.4 Å². The van der Waals surface area contributed by atoms with Gasteiger partial charge < -0.3 is 24.7 Å². The highest BCUT2D eigenvalue weighted by Gasteiger charge is 2.29. The van der Waals surface area contributed by atoms with Crippen LogP contribution in [0.25, 0.3) is 0 Å². The van der Waals surface area contributed by atoms with Crippen LogP contribution in [0.15, 0.2) is 58.6 Å². The second kappa shape index (κ2) is 23.3. The van der Waals surface area contributed by atoms with Gasteiger partial charge in [-0.3, -0.25) is 20.2 Å². The van der Waals surface area contributed by atoms with Crippen molar-refractivity contribution in [2.75, 3.05) is 14.2 Å². The molecule has 2 fully saturated rings. The molecule has 2 aliphatic carbocycles. The average Bonchev–Trinajstić information content (AvgIpc) is 3.11. The molecule has 2 heterocycles. The van der Waals surface area contributed by atoms with Crippen molar-refractivity contribution >= 4 is 87.5 Å². The van der Waals surface area contributed by atoms with Gasteiger partial charge in [0.1, 0.15) is 21.3 Å². The normalized spacial score (nSPS) is 13.3. The smallest absolute Gasteiger partial charge is 0.272 e. The number of hydrogen-bond donors (Lipinski definition) is 2. The summed E-state index contributed by atoms with van der Waals surface area (Å²) in [4.78, 5) is 27.4. The summed E-state index contributed by atoms with van der Waals surface area (Å²) in [5, 5.41) is 21.1. The standard InChI is InChI=1S/C16H15Cl2N3O6S.C12H7Cl3N2O6S.C4H9N.3CH4/c1-26-16-14(28(24,25)20-9-3-2-4-9)7-11(8-19-16)27-15-12(17)5-10(21(22)23)6-13(15)18;1-22-12-10(24(15,20)21)4-7(5-16-12)23-11-8(13)2-6(17(18)19)3-9(11)14;5-4-2-1-3-4;;;/h5-9,20H,2-4H2,1H3;2-5H,1H3;4H,1-3,5H2;3*1H4. The molecule has 2 aromatic carbocycles. The number of nitrogens with one attached hydrogen (secondary N) is 1. The summed E-state index contributed by atoms with van der Waals surface area (Å²) >= 11 is 23.9. The molecule has 60 heavy (non-hydrogen) atoms. The topological polar surface area (TPSA) is 255 Å². The number of aromatic nitrogens is 2. The molecule has 6 rings (SSSR count). The van der Waals surface area contributed by atoms with E-state index in [4.69, 9.17) is 81.8 Å². The van der Waals surface area contributed by atoms with Crippen LogP contribution < -0.4 is 29.4 Å². The lowest BCUT2D eigenvalue weighted by atomic mass is 9.94. The molecule has 0 spiro atoms. The number of ether oxygens (including phenoxy) is 4. The fourth-order valence-corrected chi connectivity index (χ4v) is 8.07. The van der Waals surface area contributed by atoms with E-state index in [0.29, 0.717) is 6.04 Å². The maximum atomic E-state index is 12.7. The largest absolute Gasteiger partial charge is 0.480 e. The molecule has 2 aliphatic rings. The molecular weight excluding hydrogens is 938 g/mol. The molecule has 0 bridgehead atoms. The molecule has 0 saturated heterocycles. The van der Waals surface area contributed by atoms with Crippen molar-refractivity contribution in [3.63, 3.8) is 0 Å². The van der Waals surface area contributed by atoms with Crippen LogP contribution in [0.3, 0.4) is 0 Å². The van der Waals surface area contributed by atoms with E-state index in [2.05, 4.69) is 14.7 Å². The minimum absolute atomic E-state index is 0. The molecule has 0 amide bonds. The van der Waals surface area contributed by atoms with Crippen molar-refractivity contribution in [3.05, 3.63) is 89.1 Å². The average molecular weight is 981 g/mol. The maximum absolute atomic E-state index is 12.7. The highest BCUT2D eigenvalue weighted by Crippen LogP contribution is 2.42. The number of rotatable bonds is 12. The molecular formula is C35H43Cl5N6O12S2. The lowest BCUT2D eigenvalue weighted by molar-refractivity contribution is -0.385. The summed E-state index contributed by atoms with van der Waals surface area (Å²) in [7, 11) is -0.211. The van der Waals surface area contributed by atoms with Crippen LogP contribution in [0, 0.1) is 20.2 Å². The lowest BCUT2D eigenvalue weighted by Crippen LogP contribution is -2.39. The Bertz CT molecular complexity index is 2330. The van der Waals surface area contributed by atoms with Gasteiger partial charge in [0.15, 0.2) is 11.5 Å².